The molecular weight excluding hydrogens is 339 g/mol. The summed E-state index contributed by atoms with van der Waals surface area (Å²) in [5.41, 5.74) is 0. The van der Waals surface area contributed by atoms with Crippen molar-refractivity contribution in [3.63, 3.8) is 0 Å². The van der Waals surface area contributed by atoms with E-state index in [9.17, 15) is 0 Å². The molecule has 0 spiro atoms. The molecule has 0 bridgehead atoms. The number of hydrogen-bond acceptors (Lipinski definition) is 4. The lowest BCUT2D eigenvalue weighted by atomic mass is 10.3. The highest BCUT2D eigenvalue weighted by Gasteiger charge is 2.09. The van der Waals surface area contributed by atoms with Gasteiger partial charge in [-0.15, -0.1) is 11.3 Å². The van der Waals surface area contributed by atoms with Gasteiger partial charge in [0.1, 0.15) is 22.3 Å². The van der Waals surface area contributed by atoms with Crippen LogP contribution in [-0.4, -0.2) is 9.97 Å². The van der Waals surface area contributed by atoms with Gasteiger partial charge in [-0.2, -0.15) is 0 Å². The molecule has 3 nitrogen and oxygen atoms in total. The van der Waals surface area contributed by atoms with Gasteiger partial charge >= 0.3 is 0 Å². The monoisotopic (exact) mass is 344 g/mol. The Labute approximate surface area is 134 Å². The minimum Gasteiger partial charge on any atom is -0.484 e. The molecule has 3 aromatic rings. The minimum absolute atomic E-state index is 0.174. The maximum atomic E-state index is 6.09. The zero-order valence-corrected chi connectivity index (χ0v) is 13.0. The Bertz CT molecular complexity index is 775. The highest BCUT2D eigenvalue weighted by molar-refractivity contribution is 7.16. The Kier molecular flexibility index (Phi) is 3.98. The number of thiophene rings is 1. The summed E-state index contributed by atoms with van der Waals surface area (Å²) in [5, 5.41) is 4.23. The van der Waals surface area contributed by atoms with Crippen molar-refractivity contribution in [1.29, 1.82) is 0 Å². The largest absolute Gasteiger partial charge is 0.484 e. The zero-order valence-electron chi connectivity index (χ0n) is 9.94. The SMILES string of the molecule is Clc1ccc(Cl)c(OCc2nc(Cl)c3ccsc3n2)c1. The van der Waals surface area contributed by atoms with E-state index in [0.29, 0.717) is 26.8 Å². The van der Waals surface area contributed by atoms with E-state index < -0.39 is 0 Å². The molecule has 0 aliphatic carbocycles. The second kappa shape index (κ2) is 5.74. The van der Waals surface area contributed by atoms with Crippen LogP contribution in [0.1, 0.15) is 5.82 Å². The quantitative estimate of drug-likeness (QED) is 0.610. The molecule has 102 valence electrons. The summed E-state index contributed by atoms with van der Waals surface area (Å²) in [6, 6.07) is 6.91. The van der Waals surface area contributed by atoms with Gasteiger partial charge in [-0.3, -0.25) is 0 Å². The lowest BCUT2D eigenvalue weighted by molar-refractivity contribution is 0.296. The van der Waals surface area contributed by atoms with E-state index in [1.54, 1.807) is 18.2 Å². The molecule has 2 aromatic heterocycles. The molecule has 0 saturated carbocycles. The van der Waals surface area contributed by atoms with Crippen LogP contribution in [-0.2, 0) is 6.61 Å². The maximum Gasteiger partial charge on any atom is 0.169 e. The number of benzene rings is 1. The van der Waals surface area contributed by atoms with E-state index in [1.165, 1.54) is 11.3 Å². The van der Waals surface area contributed by atoms with Crippen molar-refractivity contribution >= 4 is 56.4 Å². The first-order valence-electron chi connectivity index (χ1n) is 5.61. The van der Waals surface area contributed by atoms with Crippen molar-refractivity contribution in [2.45, 2.75) is 6.61 Å². The predicted octanol–water partition coefficient (Wildman–Crippen LogP) is 5.23. The molecule has 1 aromatic carbocycles. The molecule has 0 fully saturated rings. The van der Waals surface area contributed by atoms with E-state index >= 15 is 0 Å². The van der Waals surface area contributed by atoms with Crippen LogP contribution in [0.2, 0.25) is 15.2 Å². The first-order valence-corrected chi connectivity index (χ1v) is 7.62. The molecule has 0 unspecified atom stereocenters. The lowest BCUT2D eigenvalue weighted by Crippen LogP contribution is -2.02. The van der Waals surface area contributed by atoms with Gasteiger partial charge in [-0.1, -0.05) is 34.8 Å². The molecule has 0 aliphatic heterocycles. The number of hydrogen-bond donors (Lipinski definition) is 0. The summed E-state index contributed by atoms with van der Waals surface area (Å²) in [6.45, 7) is 0.174. The molecule has 0 radical (unpaired) electrons. The van der Waals surface area contributed by atoms with Crippen LogP contribution < -0.4 is 4.74 Å². The summed E-state index contributed by atoms with van der Waals surface area (Å²) in [5.74, 6) is 0.992. The first kappa shape index (κ1) is 13.9. The van der Waals surface area contributed by atoms with E-state index in [1.807, 2.05) is 11.4 Å². The van der Waals surface area contributed by atoms with Crippen LogP contribution in [0, 0.1) is 0 Å². The Hall–Kier alpha value is -1.07. The highest BCUT2D eigenvalue weighted by atomic mass is 35.5. The van der Waals surface area contributed by atoms with Crippen molar-refractivity contribution in [2.24, 2.45) is 0 Å². The third-order valence-electron chi connectivity index (χ3n) is 2.57. The third kappa shape index (κ3) is 2.83. The average Bonchev–Trinajstić information content (AvgIpc) is 2.89. The predicted molar refractivity (Wildman–Crippen MR) is 83.2 cm³/mol. The number of nitrogens with zero attached hydrogens (tertiary/aromatic N) is 2. The minimum atomic E-state index is 0.174. The van der Waals surface area contributed by atoms with Gasteiger partial charge < -0.3 is 4.74 Å². The standard InChI is InChI=1S/C13H7Cl3N2OS/c14-7-1-2-9(15)10(5-7)19-6-11-17-12(16)8-3-4-20-13(8)18-11/h1-5H,6H2. The molecule has 7 heteroatoms. The second-order valence-electron chi connectivity index (χ2n) is 3.93. The number of rotatable bonds is 3. The normalized spacial score (nSPS) is 10.9. The lowest BCUT2D eigenvalue weighted by Gasteiger charge is -2.08. The molecule has 0 N–H and O–H groups in total. The van der Waals surface area contributed by atoms with E-state index in [4.69, 9.17) is 39.5 Å². The molecule has 20 heavy (non-hydrogen) atoms. The van der Waals surface area contributed by atoms with Gasteiger partial charge in [0, 0.05) is 16.5 Å². The van der Waals surface area contributed by atoms with Gasteiger partial charge in [0.25, 0.3) is 0 Å². The molecule has 0 atom stereocenters. The number of ether oxygens (including phenoxy) is 1. The van der Waals surface area contributed by atoms with Crippen molar-refractivity contribution in [1.82, 2.24) is 9.97 Å². The fourth-order valence-corrected chi connectivity index (χ4v) is 3.08. The Morgan fingerprint density at radius 1 is 1.10 bits per heavy atom. The number of halogens is 3. The van der Waals surface area contributed by atoms with Crippen LogP contribution >= 0.6 is 46.1 Å². The van der Waals surface area contributed by atoms with Gasteiger partial charge in [0.2, 0.25) is 0 Å². The van der Waals surface area contributed by atoms with E-state index in [0.717, 1.165) is 10.2 Å². The van der Waals surface area contributed by atoms with Crippen molar-refractivity contribution in [2.75, 3.05) is 0 Å². The molecule has 3 rings (SSSR count). The van der Waals surface area contributed by atoms with Crippen molar-refractivity contribution < 1.29 is 4.74 Å². The van der Waals surface area contributed by atoms with Gasteiger partial charge in [0.15, 0.2) is 5.82 Å². The third-order valence-corrected chi connectivity index (χ3v) is 4.22. The zero-order chi connectivity index (χ0) is 14.1. The van der Waals surface area contributed by atoms with Crippen LogP contribution in [0.5, 0.6) is 5.75 Å². The fourth-order valence-electron chi connectivity index (χ4n) is 1.66. The second-order valence-corrected chi connectivity index (χ2v) is 6.03. The van der Waals surface area contributed by atoms with Crippen LogP contribution in [0.15, 0.2) is 29.6 Å². The summed E-state index contributed by atoms with van der Waals surface area (Å²) < 4.78 is 5.59. The van der Waals surface area contributed by atoms with Crippen molar-refractivity contribution in [3.05, 3.63) is 50.7 Å². The average molecular weight is 346 g/mol. The Balaban J connectivity index is 1.84. The number of fused-ring (bicyclic) bond motifs is 1. The van der Waals surface area contributed by atoms with Crippen LogP contribution in [0.25, 0.3) is 10.2 Å². The first-order chi connectivity index (χ1) is 9.63. The molecular formula is C13H7Cl3N2OS. The van der Waals surface area contributed by atoms with Gasteiger partial charge in [0.05, 0.1) is 5.02 Å². The topological polar surface area (TPSA) is 35.0 Å². The van der Waals surface area contributed by atoms with E-state index in [-0.39, 0.29) is 6.61 Å². The Morgan fingerprint density at radius 3 is 2.80 bits per heavy atom. The van der Waals surface area contributed by atoms with E-state index in [2.05, 4.69) is 9.97 Å². The summed E-state index contributed by atoms with van der Waals surface area (Å²) >= 11 is 19.5. The summed E-state index contributed by atoms with van der Waals surface area (Å²) in [4.78, 5) is 9.42. The maximum absolute atomic E-state index is 6.09. The van der Waals surface area contributed by atoms with Crippen LogP contribution in [0.3, 0.4) is 0 Å². The Morgan fingerprint density at radius 2 is 1.95 bits per heavy atom. The summed E-state index contributed by atoms with van der Waals surface area (Å²) in [6.07, 6.45) is 0. The van der Waals surface area contributed by atoms with Crippen molar-refractivity contribution in [3.8, 4) is 5.75 Å². The molecule has 0 aliphatic rings. The molecule has 0 saturated heterocycles. The molecule has 2 heterocycles. The molecule has 0 amide bonds. The van der Waals surface area contributed by atoms with Crippen LogP contribution in [0.4, 0.5) is 0 Å². The van der Waals surface area contributed by atoms with Gasteiger partial charge in [-0.25, -0.2) is 9.97 Å². The smallest absolute Gasteiger partial charge is 0.169 e. The summed E-state index contributed by atoms with van der Waals surface area (Å²) in [7, 11) is 0. The fraction of sp³-hybridized carbons (Fsp3) is 0.0769. The number of aromatic nitrogens is 2. The highest BCUT2D eigenvalue weighted by Crippen LogP contribution is 2.29. The van der Waals surface area contributed by atoms with Gasteiger partial charge in [-0.05, 0) is 23.6 Å².